The van der Waals surface area contributed by atoms with Crippen molar-refractivity contribution < 1.29 is 4.39 Å². The zero-order valence-electron chi connectivity index (χ0n) is 9.15. The lowest BCUT2D eigenvalue weighted by atomic mass is 10.2. The average molecular weight is 282 g/mol. The van der Waals surface area contributed by atoms with Gasteiger partial charge in [-0.05, 0) is 30.3 Å². The Hall–Kier alpha value is -1.72. The van der Waals surface area contributed by atoms with Gasteiger partial charge in [-0.3, -0.25) is 4.98 Å². The lowest BCUT2D eigenvalue weighted by molar-refractivity contribution is 0.632. The third kappa shape index (κ3) is 2.94. The molecule has 0 saturated heterocycles. The summed E-state index contributed by atoms with van der Waals surface area (Å²) in [5, 5.41) is 3.34. The fourth-order valence-electron chi connectivity index (χ4n) is 1.39. The number of nitrogens with one attached hydrogen (secondary N) is 1. The Morgan fingerprint density at radius 2 is 2.11 bits per heavy atom. The molecule has 0 aliphatic carbocycles. The number of benzene rings is 1. The molecule has 1 heterocycles. The normalized spacial score (nSPS) is 10.1. The van der Waals surface area contributed by atoms with E-state index in [-0.39, 0.29) is 10.7 Å². The summed E-state index contributed by atoms with van der Waals surface area (Å²) < 4.78 is 13.5. The van der Waals surface area contributed by atoms with Gasteiger partial charge in [0, 0.05) is 16.9 Å². The highest BCUT2D eigenvalue weighted by Gasteiger charge is 2.05. The van der Waals surface area contributed by atoms with Crippen LogP contribution in [-0.2, 0) is 0 Å². The van der Waals surface area contributed by atoms with Gasteiger partial charge in [0.05, 0.1) is 11.4 Å². The van der Waals surface area contributed by atoms with Crippen LogP contribution in [0, 0.1) is 5.82 Å². The Morgan fingerprint density at radius 3 is 2.83 bits per heavy atom. The Bertz CT molecular complexity index is 604. The molecule has 0 bridgehead atoms. The zero-order chi connectivity index (χ0) is 13.1. The maximum absolute atomic E-state index is 13.5. The molecule has 2 aromatic rings. The van der Waals surface area contributed by atoms with E-state index in [0.717, 1.165) is 0 Å². The standard InChI is InChI=1S/C12H9ClFN3S/c13-7-1-2-9(14)10(5-7)17-8-3-4-16-11(6-8)12(15)18/h1-6H,(H2,15,18)(H,16,17). The number of nitrogens with zero attached hydrogens (tertiary/aromatic N) is 1. The maximum atomic E-state index is 13.5. The summed E-state index contributed by atoms with van der Waals surface area (Å²) in [5.74, 6) is -0.395. The minimum Gasteiger partial charge on any atom is -0.388 e. The minimum absolute atomic E-state index is 0.185. The van der Waals surface area contributed by atoms with Crippen LogP contribution in [0.25, 0.3) is 0 Å². The molecule has 0 spiro atoms. The van der Waals surface area contributed by atoms with Crippen molar-refractivity contribution in [2.24, 2.45) is 5.73 Å². The molecule has 0 aliphatic rings. The maximum Gasteiger partial charge on any atom is 0.146 e. The van der Waals surface area contributed by atoms with E-state index in [0.29, 0.717) is 16.4 Å². The molecule has 3 N–H and O–H groups in total. The van der Waals surface area contributed by atoms with Gasteiger partial charge in [0.2, 0.25) is 0 Å². The first kappa shape index (κ1) is 12.7. The lowest BCUT2D eigenvalue weighted by Crippen LogP contribution is -2.11. The summed E-state index contributed by atoms with van der Waals surface area (Å²) in [6.07, 6.45) is 1.54. The van der Waals surface area contributed by atoms with Gasteiger partial charge < -0.3 is 11.1 Å². The number of nitrogens with two attached hydrogens (primary N) is 1. The molecule has 2 rings (SSSR count). The smallest absolute Gasteiger partial charge is 0.146 e. The van der Waals surface area contributed by atoms with Crippen molar-refractivity contribution in [3.05, 3.63) is 53.1 Å². The van der Waals surface area contributed by atoms with Crippen LogP contribution in [-0.4, -0.2) is 9.97 Å². The molecule has 0 fully saturated rings. The monoisotopic (exact) mass is 281 g/mol. The molecule has 92 valence electrons. The third-order valence-electron chi connectivity index (χ3n) is 2.22. The van der Waals surface area contributed by atoms with Gasteiger partial charge in [0.15, 0.2) is 0 Å². The predicted octanol–water partition coefficient (Wildman–Crippen LogP) is 3.25. The largest absolute Gasteiger partial charge is 0.388 e. The first-order valence-corrected chi connectivity index (χ1v) is 5.83. The Kier molecular flexibility index (Phi) is 3.74. The summed E-state index contributed by atoms with van der Waals surface area (Å²) in [6.45, 7) is 0. The second kappa shape index (κ2) is 5.29. The van der Waals surface area contributed by atoms with Crippen molar-refractivity contribution in [3.8, 4) is 0 Å². The molecule has 0 aliphatic heterocycles. The van der Waals surface area contributed by atoms with Crippen LogP contribution in [0.1, 0.15) is 5.69 Å². The van der Waals surface area contributed by atoms with Crippen molar-refractivity contribution in [1.29, 1.82) is 0 Å². The first-order valence-electron chi connectivity index (χ1n) is 5.04. The van der Waals surface area contributed by atoms with Crippen LogP contribution in [0.4, 0.5) is 15.8 Å². The Balaban J connectivity index is 2.31. The molecule has 0 amide bonds. The van der Waals surface area contributed by atoms with Crippen LogP contribution in [0.15, 0.2) is 36.5 Å². The number of hydrogen-bond donors (Lipinski definition) is 2. The Morgan fingerprint density at radius 1 is 1.33 bits per heavy atom. The van der Waals surface area contributed by atoms with Crippen LogP contribution in [0.3, 0.4) is 0 Å². The van der Waals surface area contributed by atoms with E-state index >= 15 is 0 Å². The van der Waals surface area contributed by atoms with E-state index in [4.69, 9.17) is 29.6 Å². The number of aromatic nitrogens is 1. The van der Waals surface area contributed by atoms with Gasteiger partial charge in [0.25, 0.3) is 0 Å². The number of pyridine rings is 1. The van der Waals surface area contributed by atoms with E-state index in [2.05, 4.69) is 10.3 Å². The highest BCUT2D eigenvalue weighted by molar-refractivity contribution is 7.80. The van der Waals surface area contributed by atoms with Crippen LogP contribution >= 0.6 is 23.8 Å². The predicted molar refractivity (Wildman–Crippen MR) is 74.8 cm³/mol. The Labute approximate surface area is 114 Å². The summed E-state index contributed by atoms with van der Waals surface area (Å²) in [5.41, 5.74) is 6.86. The van der Waals surface area contributed by atoms with Gasteiger partial charge in [0.1, 0.15) is 10.8 Å². The molecule has 0 radical (unpaired) electrons. The van der Waals surface area contributed by atoms with Crippen molar-refractivity contribution in [2.75, 3.05) is 5.32 Å². The zero-order valence-corrected chi connectivity index (χ0v) is 10.7. The number of halogens is 2. The van der Waals surface area contributed by atoms with Crippen molar-refractivity contribution in [3.63, 3.8) is 0 Å². The molecular weight excluding hydrogens is 273 g/mol. The summed E-state index contributed by atoms with van der Waals surface area (Å²) in [4.78, 5) is 4.18. The van der Waals surface area contributed by atoms with Gasteiger partial charge in [-0.25, -0.2) is 4.39 Å². The van der Waals surface area contributed by atoms with Crippen molar-refractivity contribution in [2.45, 2.75) is 0 Å². The second-order valence-corrected chi connectivity index (χ2v) is 4.42. The van der Waals surface area contributed by atoms with E-state index in [9.17, 15) is 4.39 Å². The number of thiocarbonyl (C=S) groups is 1. The van der Waals surface area contributed by atoms with E-state index < -0.39 is 5.82 Å². The molecule has 6 heteroatoms. The second-order valence-electron chi connectivity index (χ2n) is 3.54. The fourth-order valence-corrected chi connectivity index (χ4v) is 1.68. The molecule has 3 nitrogen and oxygen atoms in total. The van der Waals surface area contributed by atoms with Crippen LogP contribution < -0.4 is 11.1 Å². The summed E-state index contributed by atoms with van der Waals surface area (Å²) >= 11 is 10.6. The molecular formula is C12H9ClFN3S. The SMILES string of the molecule is NC(=S)c1cc(Nc2cc(Cl)ccc2F)ccn1. The van der Waals surface area contributed by atoms with E-state index in [1.54, 1.807) is 18.3 Å². The van der Waals surface area contributed by atoms with Gasteiger partial charge in [-0.15, -0.1) is 0 Å². The topological polar surface area (TPSA) is 50.9 Å². The molecule has 0 saturated carbocycles. The number of anilines is 2. The molecule has 1 aromatic carbocycles. The highest BCUT2D eigenvalue weighted by Crippen LogP contribution is 2.23. The fraction of sp³-hybridized carbons (Fsp3) is 0. The van der Waals surface area contributed by atoms with Gasteiger partial charge in [-0.1, -0.05) is 23.8 Å². The van der Waals surface area contributed by atoms with E-state index in [1.807, 2.05) is 0 Å². The number of rotatable bonds is 3. The van der Waals surface area contributed by atoms with Crippen molar-refractivity contribution in [1.82, 2.24) is 4.98 Å². The van der Waals surface area contributed by atoms with Gasteiger partial charge in [-0.2, -0.15) is 0 Å². The molecule has 1 aromatic heterocycles. The average Bonchev–Trinajstić information content (AvgIpc) is 2.34. The summed E-state index contributed by atoms with van der Waals surface area (Å²) in [6, 6.07) is 7.60. The number of hydrogen-bond acceptors (Lipinski definition) is 3. The molecule has 18 heavy (non-hydrogen) atoms. The molecule has 0 atom stereocenters. The van der Waals surface area contributed by atoms with Gasteiger partial charge >= 0.3 is 0 Å². The lowest BCUT2D eigenvalue weighted by Gasteiger charge is -2.08. The van der Waals surface area contributed by atoms with Crippen LogP contribution in [0.5, 0.6) is 0 Å². The van der Waals surface area contributed by atoms with Crippen molar-refractivity contribution >= 4 is 40.2 Å². The summed E-state index contributed by atoms with van der Waals surface area (Å²) in [7, 11) is 0. The minimum atomic E-state index is -0.395. The highest BCUT2D eigenvalue weighted by atomic mass is 35.5. The first-order chi connectivity index (χ1) is 8.56. The quantitative estimate of drug-likeness (QED) is 0.848. The molecule has 0 unspecified atom stereocenters. The van der Waals surface area contributed by atoms with Crippen LogP contribution in [0.2, 0.25) is 5.02 Å². The third-order valence-corrected chi connectivity index (χ3v) is 2.66. The van der Waals surface area contributed by atoms with E-state index in [1.165, 1.54) is 18.2 Å².